The summed E-state index contributed by atoms with van der Waals surface area (Å²) >= 11 is 7.63. The fourth-order valence-corrected chi connectivity index (χ4v) is 5.78. The highest BCUT2D eigenvalue weighted by Gasteiger charge is 2.26. The van der Waals surface area contributed by atoms with Gasteiger partial charge in [0.05, 0.1) is 17.2 Å². The van der Waals surface area contributed by atoms with E-state index in [9.17, 15) is 4.79 Å². The van der Waals surface area contributed by atoms with Crippen molar-refractivity contribution in [1.82, 2.24) is 20.1 Å². The topological polar surface area (TPSA) is 57.7 Å². The van der Waals surface area contributed by atoms with Crippen molar-refractivity contribution in [3.8, 4) is 18.1 Å². The second-order valence-corrected chi connectivity index (χ2v) is 11.2. The summed E-state index contributed by atoms with van der Waals surface area (Å²) in [5.74, 6) is 3.53. The molecule has 0 atom stereocenters. The van der Waals surface area contributed by atoms with Gasteiger partial charge in [0, 0.05) is 41.2 Å². The molecule has 2 fully saturated rings. The van der Waals surface area contributed by atoms with Crippen molar-refractivity contribution in [2.45, 2.75) is 71.8 Å². The Hall–Kier alpha value is -2.79. The van der Waals surface area contributed by atoms with Crippen LogP contribution >= 0.6 is 22.9 Å². The summed E-state index contributed by atoms with van der Waals surface area (Å²) in [6, 6.07) is 7.08. The van der Waals surface area contributed by atoms with Crippen LogP contribution in [0.15, 0.2) is 53.6 Å². The lowest BCUT2D eigenvalue weighted by Gasteiger charge is -2.31. The lowest BCUT2D eigenvalue weighted by Crippen LogP contribution is -2.40. The van der Waals surface area contributed by atoms with Gasteiger partial charge in [-0.2, -0.15) is 0 Å². The number of hydrogen-bond acceptors (Lipinski definition) is 6. The van der Waals surface area contributed by atoms with Crippen molar-refractivity contribution in [3.63, 3.8) is 0 Å². The van der Waals surface area contributed by atoms with E-state index in [1.54, 1.807) is 41.7 Å². The van der Waals surface area contributed by atoms with Crippen LogP contribution in [-0.2, 0) is 11.3 Å². The molecule has 4 rings (SSSR count). The first-order valence-electron chi connectivity index (χ1n) is 14.8. The number of piperidine rings is 1. The Morgan fingerprint density at radius 3 is 2.54 bits per heavy atom. The van der Waals surface area contributed by atoms with Crippen LogP contribution in [0, 0.1) is 12.3 Å². The number of carbonyl (C=O) groups is 1. The molecule has 6 nitrogen and oxygen atoms in total. The minimum absolute atomic E-state index is 0.000683. The molecule has 224 valence electrons. The Kier molecular flexibility index (Phi) is 16.9. The fraction of sp³-hybridized carbons (Fsp3) is 0.515. The van der Waals surface area contributed by atoms with Crippen molar-refractivity contribution >= 4 is 28.8 Å². The number of aromatic nitrogens is 1. The third kappa shape index (κ3) is 13.2. The SMILES string of the molecule is C#C/C=C(\C=C/C)NCc1csc(C2CCN(C(=O)COc3cccc(Cl)c3)CC2)n1.CC.CN1CCCCCC1. The highest BCUT2D eigenvalue weighted by atomic mass is 35.5. The number of benzene rings is 1. The summed E-state index contributed by atoms with van der Waals surface area (Å²) in [6.45, 7) is 10.7. The summed E-state index contributed by atoms with van der Waals surface area (Å²) in [4.78, 5) is 21.6. The van der Waals surface area contributed by atoms with Crippen molar-refractivity contribution in [2.75, 3.05) is 39.8 Å². The fourth-order valence-electron chi connectivity index (χ4n) is 4.61. The van der Waals surface area contributed by atoms with E-state index >= 15 is 0 Å². The van der Waals surface area contributed by atoms with Gasteiger partial charge in [-0.3, -0.25) is 4.79 Å². The van der Waals surface area contributed by atoms with Gasteiger partial charge in [0.1, 0.15) is 5.75 Å². The number of carbonyl (C=O) groups excluding carboxylic acids is 1. The number of ether oxygens (including phenoxy) is 1. The molecule has 1 amide bonds. The van der Waals surface area contributed by atoms with E-state index in [-0.39, 0.29) is 12.5 Å². The molecule has 0 bridgehead atoms. The molecule has 1 aromatic heterocycles. The highest BCUT2D eigenvalue weighted by molar-refractivity contribution is 7.09. The Morgan fingerprint density at radius 1 is 1.20 bits per heavy atom. The first-order chi connectivity index (χ1) is 20.0. The van der Waals surface area contributed by atoms with Gasteiger partial charge >= 0.3 is 0 Å². The molecule has 0 radical (unpaired) electrons. The number of likely N-dealkylation sites (tertiary alicyclic amines) is 2. The predicted octanol–water partition coefficient (Wildman–Crippen LogP) is 7.28. The number of amides is 1. The monoisotopic (exact) mass is 598 g/mol. The van der Waals surface area contributed by atoms with Crippen LogP contribution in [-0.4, -0.2) is 60.5 Å². The molecule has 0 saturated carbocycles. The second kappa shape index (κ2) is 20.1. The first kappa shape index (κ1) is 34.4. The lowest BCUT2D eigenvalue weighted by atomic mass is 9.97. The Bertz CT molecular complexity index is 1120. The van der Waals surface area contributed by atoms with Crippen molar-refractivity contribution in [3.05, 3.63) is 69.3 Å². The highest BCUT2D eigenvalue weighted by Crippen LogP contribution is 2.30. The summed E-state index contributed by atoms with van der Waals surface area (Å²) in [5.41, 5.74) is 1.90. The summed E-state index contributed by atoms with van der Waals surface area (Å²) in [7, 11) is 2.21. The van der Waals surface area contributed by atoms with E-state index < -0.39 is 0 Å². The molecule has 1 N–H and O–H groups in total. The summed E-state index contributed by atoms with van der Waals surface area (Å²) < 4.78 is 5.58. The van der Waals surface area contributed by atoms with Gasteiger partial charge < -0.3 is 19.9 Å². The average Bonchev–Trinajstić information content (AvgIpc) is 3.34. The van der Waals surface area contributed by atoms with E-state index in [2.05, 4.69) is 28.6 Å². The molecule has 0 spiro atoms. The van der Waals surface area contributed by atoms with Gasteiger partial charge in [0.2, 0.25) is 0 Å². The molecule has 3 heterocycles. The number of terminal acetylenes is 1. The number of thiazole rings is 1. The van der Waals surface area contributed by atoms with Crippen LogP contribution < -0.4 is 10.1 Å². The number of halogens is 1. The van der Waals surface area contributed by atoms with Crippen LogP contribution in [0.1, 0.15) is 75.9 Å². The minimum Gasteiger partial charge on any atom is -0.484 e. The molecule has 0 unspecified atom stereocenters. The van der Waals surface area contributed by atoms with Crippen LogP contribution in [0.3, 0.4) is 0 Å². The maximum atomic E-state index is 12.5. The average molecular weight is 599 g/mol. The number of nitrogens with one attached hydrogen (secondary N) is 1. The zero-order valence-electron chi connectivity index (χ0n) is 25.2. The van der Waals surface area contributed by atoms with Gasteiger partial charge in [-0.1, -0.05) is 56.4 Å². The van der Waals surface area contributed by atoms with Crippen molar-refractivity contribution in [1.29, 1.82) is 0 Å². The predicted molar refractivity (Wildman–Crippen MR) is 173 cm³/mol. The maximum Gasteiger partial charge on any atom is 0.260 e. The quantitative estimate of drug-likeness (QED) is 0.255. The van der Waals surface area contributed by atoms with E-state index in [1.165, 1.54) is 38.8 Å². The zero-order chi connectivity index (χ0) is 29.9. The summed E-state index contributed by atoms with van der Waals surface area (Å²) in [6.07, 6.45) is 18.5. The zero-order valence-corrected chi connectivity index (χ0v) is 26.8. The number of hydrogen-bond donors (Lipinski definition) is 1. The number of rotatable bonds is 8. The van der Waals surface area contributed by atoms with Crippen LogP contribution in [0.25, 0.3) is 0 Å². The number of nitrogens with zero attached hydrogens (tertiary/aromatic N) is 3. The van der Waals surface area contributed by atoms with E-state index in [0.717, 1.165) is 29.2 Å². The van der Waals surface area contributed by atoms with Gasteiger partial charge in [-0.15, -0.1) is 17.8 Å². The molecule has 8 heteroatoms. The molecular formula is C33H47ClN4O2S. The van der Waals surface area contributed by atoms with Gasteiger partial charge in [0.25, 0.3) is 5.91 Å². The largest absolute Gasteiger partial charge is 0.484 e. The maximum absolute atomic E-state index is 12.5. The Balaban J connectivity index is 0.000000500. The molecule has 1 aromatic carbocycles. The summed E-state index contributed by atoms with van der Waals surface area (Å²) in [5, 5.41) is 7.12. The third-order valence-electron chi connectivity index (χ3n) is 6.81. The minimum atomic E-state index is -0.000683. The standard InChI is InChI=1S/C24H26ClN3O2S.C7H15N.C2H6/c1-3-6-20(7-4-2)26-15-21-17-31-24(27-21)18-10-12-28(13-11-18)23(29)16-30-22-9-5-8-19(25)14-22;1-8-6-4-2-3-5-7-8;1-2/h1,4-9,14,17-18,26H,10-13,15-16H2,2H3;2-7H2,1H3;1-2H3/b7-4-,20-6+;;. The van der Waals surface area contributed by atoms with Crippen molar-refractivity contribution < 1.29 is 9.53 Å². The Morgan fingerprint density at radius 2 is 1.90 bits per heavy atom. The molecule has 2 aliphatic rings. The molecule has 2 aromatic rings. The van der Waals surface area contributed by atoms with Crippen LogP contribution in [0.2, 0.25) is 5.02 Å². The molecule has 2 aliphatic heterocycles. The normalized spacial score (nSPS) is 16.5. The third-order valence-corrected chi connectivity index (χ3v) is 8.10. The molecule has 41 heavy (non-hydrogen) atoms. The molecule has 0 aliphatic carbocycles. The number of allylic oxidation sites excluding steroid dienone is 3. The first-order valence-corrected chi connectivity index (χ1v) is 16.1. The Labute approximate surface area is 256 Å². The van der Waals surface area contributed by atoms with Crippen molar-refractivity contribution in [2.24, 2.45) is 0 Å². The second-order valence-electron chi connectivity index (χ2n) is 9.92. The van der Waals surface area contributed by atoms with Gasteiger partial charge in [0.15, 0.2) is 6.61 Å². The smallest absolute Gasteiger partial charge is 0.260 e. The molecule has 2 saturated heterocycles. The van der Waals surface area contributed by atoms with E-state index in [0.29, 0.717) is 36.3 Å². The van der Waals surface area contributed by atoms with Gasteiger partial charge in [-0.05, 0) is 77.0 Å². The van der Waals surface area contributed by atoms with E-state index in [4.69, 9.17) is 27.7 Å². The van der Waals surface area contributed by atoms with Crippen LogP contribution in [0.4, 0.5) is 0 Å². The molecular weight excluding hydrogens is 552 g/mol. The van der Waals surface area contributed by atoms with Crippen LogP contribution in [0.5, 0.6) is 5.75 Å². The van der Waals surface area contributed by atoms with Gasteiger partial charge in [-0.25, -0.2) is 4.98 Å². The van der Waals surface area contributed by atoms with E-state index in [1.807, 2.05) is 37.8 Å². The lowest BCUT2D eigenvalue weighted by molar-refractivity contribution is -0.134.